The number of carbonyl (C=O) groups excluding carboxylic acids is 1. The largest absolute Gasteiger partial charge is 0.497 e. The van der Waals surface area contributed by atoms with E-state index in [2.05, 4.69) is 39.4 Å². The molecule has 1 saturated heterocycles. The summed E-state index contributed by atoms with van der Waals surface area (Å²) in [6, 6.07) is 23.8. The highest BCUT2D eigenvalue weighted by Gasteiger charge is 2.21. The molecule has 1 aliphatic heterocycles. The van der Waals surface area contributed by atoms with E-state index in [4.69, 9.17) is 27.9 Å². The molecule has 4 aromatic rings. The van der Waals surface area contributed by atoms with E-state index in [1.54, 1.807) is 24.9 Å². The average molecular weight is 597 g/mol. The van der Waals surface area contributed by atoms with Gasteiger partial charge in [0.15, 0.2) is 5.16 Å². The van der Waals surface area contributed by atoms with Crippen molar-refractivity contribution in [3.05, 3.63) is 94.2 Å². The van der Waals surface area contributed by atoms with Gasteiger partial charge in [0.2, 0.25) is 5.91 Å². The first kappa shape index (κ1) is 28.3. The summed E-state index contributed by atoms with van der Waals surface area (Å²) in [4.78, 5) is 17.2. The van der Waals surface area contributed by atoms with Crippen molar-refractivity contribution in [2.24, 2.45) is 0 Å². The Morgan fingerprint density at radius 1 is 0.900 bits per heavy atom. The van der Waals surface area contributed by atoms with Crippen LogP contribution in [-0.4, -0.2) is 64.6 Å². The van der Waals surface area contributed by atoms with Crippen LogP contribution < -0.4 is 9.64 Å². The van der Waals surface area contributed by atoms with Crippen LogP contribution in [0.1, 0.15) is 24.2 Å². The minimum atomic E-state index is 0.200. The van der Waals surface area contributed by atoms with Gasteiger partial charge < -0.3 is 14.5 Å². The fourth-order valence-electron chi connectivity index (χ4n) is 4.72. The van der Waals surface area contributed by atoms with Crippen molar-refractivity contribution >= 4 is 46.6 Å². The molecule has 0 saturated carbocycles. The number of halogens is 2. The number of methoxy groups -OCH3 is 1. The summed E-state index contributed by atoms with van der Waals surface area (Å²) < 4.78 is 7.28. The molecule has 0 aliphatic carbocycles. The normalized spacial score (nSPS) is 13.5. The second kappa shape index (κ2) is 13.4. The van der Waals surface area contributed by atoms with Gasteiger partial charge >= 0.3 is 0 Å². The number of hydrogen-bond donors (Lipinski definition) is 0. The van der Waals surface area contributed by atoms with Crippen LogP contribution in [0.15, 0.2) is 78.0 Å². The summed E-state index contributed by atoms with van der Waals surface area (Å²) in [5, 5.41) is 10.7. The van der Waals surface area contributed by atoms with Crippen LogP contribution in [0.4, 0.5) is 5.69 Å². The molecule has 10 heteroatoms. The molecule has 0 radical (unpaired) electrons. The number of nitrogens with zero attached hydrogens (tertiary/aromatic N) is 5. The molecule has 0 N–H and O–H groups in total. The molecule has 1 fully saturated rings. The topological polar surface area (TPSA) is 63.5 Å². The van der Waals surface area contributed by atoms with Crippen molar-refractivity contribution in [1.82, 2.24) is 19.7 Å². The lowest BCUT2D eigenvalue weighted by Crippen LogP contribution is -2.48. The SMILES string of the molecule is COc1ccc(N2CCN(C(=O)CCCSc3nnc(Cc4ccccc4)n3-c3ccc(Cl)c(Cl)c3)CC2)cc1. The fraction of sp³-hybridized carbons (Fsp3) is 0.300. The summed E-state index contributed by atoms with van der Waals surface area (Å²) >= 11 is 14.1. The Kier molecular flexibility index (Phi) is 9.52. The molecule has 0 spiro atoms. The molecule has 208 valence electrons. The summed E-state index contributed by atoms with van der Waals surface area (Å²) in [6.45, 7) is 3.10. The Bertz CT molecular complexity index is 1420. The van der Waals surface area contributed by atoms with E-state index in [9.17, 15) is 4.79 Å². The predicted octanol–water partition coefficient (Wildman–Crippen LogP) is 6.39. The summed E-state index contributed by atoms with van der Waals surface area (Å²) in [6.07, 6.45) is 1.90. The van der Waals surface area contributed by atoms with Crippen LogP contribution in [0.3, 0.4) is 0 Å². The molecular weight excluding hydrogens is 565 g/mol. The van der Waals surface area contributed by atoms with Crippen molar-refractivity contribution in [3.8, 4) is 11.4 Å². The zero-order valence-electron chi connectivity index (χ0n) is 22.3. The van der Waals surface area contributed by atoms with E-state index in [1.165, 1.54) is 0 Å². The maximum Gasteiger partial charge on any atom is 0.222 e. The second-order valence-corrected chi connectivity index (χ2v) is 11.4. The first-order chi connectivity index (χ1) is 19.5. The van der Waals surface area contributed by atoms with Gasteiger partial charge in [-0.25, -0.2) is 0 Å². The number of benzene rings is 3. The third-order valence-electron chi connectivity index (χ3n) is 6.90. The van der Waals surface area contributed by atoms with E-state index in [0.29, 0.717) is 22.9 Å². The quantitative estimate of drug-likeness (QED) is 0.156. The minimum Gasteiger partial charge on any atom is -0.497 e. The number of thioether (sulfide) groups is 1. The van der Waals surface area contributed by atoms with Gasteiger partial charge in [-0.05, 0) is 54.4 Å². The number of ether oxygens (including phenoxy) is 1. The zero-order valence-corrected chi connectivity index (χ0v) is 24.6. The highest BCUT2D eigenvalue weighted by Crippen LogP contribution is 2.29. The maximum atomic E-state index is 12.9. The van der Waals surface area contributed by atoms with E-state index >= 15 is 0 Å². The third-order valence-corrected chi connectivity index (χ3v) is 8.66. The monoisotopic (exact) mass is 595 g/mol. The molecular formula is C30H31Cl2N5O2S. The summed E-state index contributed by atoms with van der Waals surface area (Å²) in [5.41, 5.74) is 3.16. The van der Waals surface area contributed by atoms with E-state index in [-0.39, 0.29) is 5.91 Å². The van der Waals surface area contributed by atoms with Crippen molar-refractivity contribution < 1.29 is 9.53 Å². The molecule has 1 aliphatic rings. The zero-order chi connectivity index (χ0) is 27.9. The van der Waals surface area contributed by atoms with Gasteiger partial charge in [-0.3, -0.25) is 9.36 Å². The Morgan fingerprint density at radius 3 is 2.33 bits per heavy atom. The van der Waals surface area contributed by atoms with Gasteiger partial charge in [-0.1, -0.05) is 65.3 Å². The molecule has 7 nitrogen and oxygen atoms in total. The standard InChI is InChI=1S/C30H31Cl2N5O2S/c1-39-25-12-9-23(10-13-25)35-15-17-36(18-16-35)29(38)8-5-19-40-30-34-33-28(20-22-6-3-2-4-7-22)37(30)24-11-14-26(31)27(32)21-24/h2-4,6-7,9-14,21H,5,8,15-20H2,1H3. The molecule has 5 rings (SSSR count). The number of piperazine rings is 1. The lowest BCUT2D eigenvalue weighted by molar-refractivity contribution is -0.131. The van der Waals surface area contributed by atoms with Gasteiger partial charge in [0.25, 0.3) is 0 Å². The van der Waals surface area contributed by atoms with Gasteiger partial charge in [0, 0.05) is 50.5 Å². The van der Waals surface area contributed by atoms with Crippen LogP contribution in [0.2, 0.25) is 10.0 Å². The van der Waals surface area contributed by atoms with Crippen LogP contribution in [0.5, 0.6) is 5.75 Å². The van der Waals surface area contributed by atoms with Crippen molar-refractivity contribution in [2.45, 2.75) is 24.4 Å². The van der Waals surface area contributed by atoms with E-state index < -0.39 is 0 Å². The van der Waals surface area contributed by atoms with Crippen LogP contribution in [0.25, 0.3) is 5.69 Å². The molecule has 0 bridgehead atoms. The van der Waals surface area contributed by atoms with E-state index in [0.717, 1.165) is 72.0 Å². The predicted molar refractivity (Wildman–Crippen MR) is 162 cm³/mol. The first-order valence-corrected chi connectivity index (χ1v) is 15.0. The first-order valence-electron chi connectivity index (χ1n) is 13.2. The maximum absolute atomic E-state index is 12.9. The molecule has 1 aromatic heterocycles. The molecule has 40 heavy (non-hydrogen) atoms. The Morgan fingerprint density at radius 2 is 1.62 bits per heavy atom. The number of carbonyl (C=O) groups is 1. The molecule has 3 aromatic carbocycles. The van der Waals surface area contributed by atoms with Gasteiger partial charge in [-0.15, -0.1) is 10.2 Å². The van der Waals surface area contributed by atoms with Crippen molar-refractivity contribution in [2.75, 3.05) is 43.9 Å². The van der Waals surface area contributed by atoms with Crippen LogP contribution in [0, 0.1) is 0 Å². The summed E-state index contributed by atoms with van der Waals surface area (Å²) in [7, 11) is 1.67. The molecule has 0 unspecified atom stereocenters. The third kappa shape index (κ3) is 6.92. The smallest absolute Gasteiger partial charge is 0.222 e. The Labute approximate surface area is 249 Å². The number of anilines is 1. The minimum absolute atomic E-state index is 0.200. The Balaban J connectivity index is 1.16. The van der Waals surface area contributed by atoms with Crippen LogP contribution in [-0.2, 0) is 11.2 Å². The second-order valence-electron chi connectivity index (χ2n) is 9.51. The van der Waals surface area contributed by atoms with Gasteiger partial charge in [0.1, 0.15) is 11.6 Å². The number of hydrogen-bond acceptors (Lipinski definition) is 6. The Hall–Kier alpha value is -3.20. The molecule has 0 atom stereocenters. The fourth-order valence-corrected chi connectivity index (χ4v) is 5.92. The summed E-state index contributed by atoms with van der Waals surface area (Å²) in [5.74, 6) is 2.61. The van der Waals surface area contributed by atoms with Crippen molar-refractivity contribution in [3.63, 3.8) is 0 Å². The van der Waals surface area contributed by atoms with Gasteiger partial charge in [-0.2, -0.15) is 0 Å². The molecule has 1 amide bonds. The van der Waals surface area contributed by atoms with Crippen LogP contribution >= 0.6 is 35.0 Å². The van der Waals surface area contributed by atoms with E-state index in [1.807, 2.05) is 51.9 Å². The number of rotatable bonds is 10. The average Bonchev–Trinajstić information content (AvgIpc) is 3.39. The number of amides is 1. The number of aromatic nitrogens is 3. The molecule has 2 heterocycles. The highest BCUT2D eigenvalue weighted by atomic mass is 35.5. The lowest BCUT2D eigenvalue weighted by atomic mass is 10.1. The highest BCUT2D eigenvalue weighted by molar-refractivity contribution is 7.99. The van der Waals surface area contributed by atoms with Gasteiger partial charge in [0.05, 0.1) is 22.8 Å². The van der Waals surface area contributed by atoms with Crippen molar-refractivity contribution in [1.29, 1.82) is 0 Å². The lowest BCUT2D eigenvalue weighted by Gasteiger charge is -2.36.